The molecular formula is C10H13N3O6S. The maximum atomic E-state index is 12.2. The molecule has 0 radical (unpaired) electrons. The molecule has 0 aromatic carbocycles. The Kier molecular flexibility index (Phi) is 3.66. The van der Waals surface area contributed by atoms with E-state index in [0.717, 1.165) is 11.1 Å². The Labute approximate surface area is 113 Å². The molecule has 1 aliphatic rings. The molecule has 0 spiro atoms. The Morgan fingerprint density at radius 1 is 1.45 bits per heavy atom. The number of carbonyl (C=O) groups is 2. The molecule has 20 heavy (non-hydrogen) atoms. The van der Waals surface area contributed by atoms with Gasteiger partial charge in [-0.3, -0.25) is 9.59 Å². The third-order valence-corrected chi connectivity index (χ3v) is 4.79. The van der Waals surface area contributed by atoms with Crippen molar-refractivity contribution < 1.29 is 23.1 Å². The number of carboxylic acids is 1. The fraction of sp³-hybridized carbons (Fsp3) is 0.500. The average molecular weight is 303 g/mol. The molecule has 9 nitrogen and oxygen atoms in total. The molecule has 10 heteroatoms. The molecule has 1 aromatic heterocycles. The first-order valence-electron chi connectivity index (χ1n) is 5.79. The number of amides is 1. The van der Waals surface area contributed by atoms with Gasteiger partial charge in [0.05, 0.1) is 11.5 Å². The Balaban J connectivity index is 2.26. The molecule has 2 rings (SSSR count). The first-order chi connectivity index (χ1) is 9.28. The first kappa shape index (κ1) is 14.3. The number of carboxylic acid groups (broad SMARTS) is 1. The summed E-state index contributed by atoms with van der Waals surface area (Å²) < 4.78 is 22.9. The van der Waals surface area contributed by atoms with Crippen LogP contribution in [0.1, 0.15) is 16.9 Å². The predicted molar refractivity (Wildman–Crippen MR) is 67.1 cm³/mol. The van der Waals surface area contributed by atoms with Crippen molar-refractivity contribution in [2.45, 2.75) is 12.5 Å². The fourth-order valence-electron chi connectivity index (χ4n) is 2.14. The number of sulfone groups is 1. The number of aromatic amines is 2. The zero-order valence-corrected chi connectivity index (χ0v) is 11.1. The molecular weight excluding hydrogens is 290 g/mol. The third kappa shape index (κ3) is 3.07. The van der Waals surface area contributed by atoms with Crippen molar-refractivity contribution >= 4 is 21.7 Å². The van der Waals surface area contributed by atoms with Crippen LogP contribution in [-0.2, 0) is 14.6 Å². The largest absolute Gasteiger partial charge is 0.480 e. The number of hydrogen-bond donors (Lipinski definition) is 3. The van der Waals surface area contributed by atoms with Crippen LogP contribution in [0.2, 0.25) is 0 Å². The minimum absolute atomic E-state index is 0.0786. The maximum Gasteiger partial charge on any atom is 0.323 e. The topological polar surface area (TPSA) is 140 Å². The molecule has 1 unspecified atom stereocenters. The van der Waals surface area contributed by atoms with Crippen molar-refractivity contribution in [1.29, 1.82) is 0 Å². The van der Waals surface area contributed by atoms with Gasteiger partial charge >= 0.3 is 11.7 Å². The van der Waals surface area contributed by atoms with Gasteiger partial charge < -0.3 is 20.0 Å². The van der Waals surface area contributed by atoms with Gasteiger partial charge in [-0.25, -0.2) is 13.2 Å². The van der Waals surface area contributed by atoms with E-state index in [0.29, 0.717) is 0 Å². The maximum absolute atomic E-state index is 12.2. The van der Waals surface area contributed by atoms with Crippen molar-refractivity contribution in [3.8, 4) is 0 Å². The van der Waals surface area contributed by atoms with Gasteiger partial charge in [-0.1, -0.05) is 0 Å². The highest BCUT2D eigenvalue weighted by Gasteiger charge is 2.36. The van der Waals surface area contributed by atoms with Crippen molar-refractivity contribution in [1.82, 2.24) is 14.9 Å². The van der Waals surface area contributed by atoms with E-state index in [1.807, 2.05) is 0 Å². The number of H-pyrrole nitrogens is 2. The van der Waals surface area contributed by atoms with Crippen LogP contribution in [0.3, 0.4) is 0 Å². The monoisotopic (exact) mass is 303 g/mol. The Morgan fingerprint density at radius 2 is 2.15 bits per heavy atom. The van der Waals surface area contributed by atoms with E-state index in [9.17, 15) is 22.8 Å². The van der Waals surface area contributed by atoms with E-state index in [4.69, 9.17) is 5.11 Å². The van der Waals surface area contributed by atoms with Crippen LogP contribution in [0.4, 0.5) is 0 Å². The quantitative estimate of drug-likeness (QED) is 0.613. The number of aliphatic carboxylic acids is 1. The molecule has 0 bridgehead atoms. The van der Waals surface area contributed by atoms with E-state index in [1.54, 1.807) is 0 Å². The van der Waals surface area contributed by atoms with Crippen molar-refractivity contribution in [2.24, 2.45) is 0 Å². The van der Waals surface area contributed by atoms with E-state index < -0.39 is 40.0 Å². The number of aromatic nitrogens is 2. The lowest BCUT2D eigenvalue weighted by molar-refractivity contribution is -0.138. The van der Waals surface area contributed by atoms with Crippen LogP contribution in [0.25, 0.3) is 0 Å². The molecule has 1 atom stereocenters. The lowest BCUT2D eigenvalue weighted by atomic mass is 10.2. The summed E-state index contributed by atoms with van der Waals surface area (Å²) in [6.07, 6.45) is 1.32. The molecule has 0 aliphatic carbocycles. The standard InChI is InChI=1S/C10H13N3O6S/c14-8(15)4-13(6-1-2-20(18,19)5-6)9(16)7-3-11-10(17)12-7/h3,6H,1-2,4-5H2,(H,14,15)(H2,11,12,17). The van der Waals surface area contributed by atoms with Crippen molar-refractivity contribution in [3.05, 3.63) is 22.4 Å². The van der Waals surface area contributed by atoms with Crippen LogP contribution in [0.15, 0.2) is 11.0 Å². The second kappa shape index (κ2) is 5.12. The van der Waals surface area contributed by atoms with Crippen molar-refractivity contribution in [3.63, 3.8) is 0 Å². The second-order valence-corrected chi connectivity index (χ2v) is 6.77. The summed E-state index contributed by atoms with van der Waals surface area (Å²) in [5.74, 6) is -2.31. The highest BCUT2D eigenvalue weighted by atomic mass is 32.2. The van der Waals surface area contributed by atoms with Gasteiger partial charge in [-0.15, -0.1) is 0 Å². The lowest BCUT2D eigenvalue weighted by Crippen LogP contribution is -2.44. The number of imidazole rings is 1. The number of carbonyl (C=O) groups excluding carboxylic acids is 1. The van der Waals surface area contributed by atoms with Crippen LogP contribution in [-0.4, -0.2) is 64.4 Å². The van der Waals surface area contributed by atoms with E-state index in [-0.39, 0.29) is 23.6 Å². The Morgan fingerprint density at radius 3 is 2.60 bits per heavy atom. The number of nitrogens with zero attached hydrogens (tertiary/aromatic N) is 1. The van der Waals surface area contributed by atoms with Crippen LogP contribution < -0.4 is 5.69 Å². The Bertz CT molecular complexity index is 688. The van der Waals surface area contributed by atoms with Crippen molar-refractivity contribution in [2.75, 3.05) is 18.1 Å². The molecule has 1 aromatic rings. The molecule has 1 fully saturated rings. The van der Waals surface area contributed by atoms with E-state index in [2.05, 4.69) is 9.97 Å². The van der Waals surface area contributed by atoms with Gasteiger partial charge in [0, 0.05) is 12.2 Å². The normalized spacial score (nSPS) is 20.7. The molecule has 110 valence electrons. The SMILES string of the molecule is O=C(O)CN(C(=O)c1c[nH]c(=O)[nH]1)C1CCS(=O)(=O)C1. The molecule has 1 saturated heterocycles. The lowest BCUT2D eigenvalue weighted by Gasteiger charge is -2.25. The zero-order chi connectivity index (χ0) is 14.9. The first-order valence-corrected chi connectivity index (χ1v) is 7.61. The molecule has 3 N–H and O–H groups in total. The van der Waals surface area contributed by atoms with Gasteiger partial charge in [0.15, 0.2) is 9.84 Å². The number of rotatable bonds is 4. The fourth-order valence-corrected chi connectivity index (χ4v) is 3.87. The summed E-state index contributed by atoms with van der Waals surface area (Å²) in [5, 5.41) is 8.85. The second-order valence-electron chi connectivity index (χ2n) is 4.54. The van der Waals surface area contributed by atoms with Gasteiger partial charge in [0.1, 0.15) is 12.2 Å². The smallest absolute Gasteiger partial charge is 0.323 e. The van der Waals surface area contributed by atoms with E-state index in [1.165, 1.54) is 0 Å². The minimum atomic E-state index is -3.25. The molecule has 0 saturated carbocycles. The highest BCUT2D eigenvalue weighted by Crippen LogP contribution is 2.19. The summed E-state index contributed by atoms with van der Waals surface area (Å²) in [5.41, 5.74) is -0.691. The summed E-state index contributed by atoms with van der Waals surface area (Å²) in [6, 6.07) is -0.693. The zero-order valence-electron chi connectivity index (χ0n) is 10.3. The number of nitrogens with one attached hydrogen (secondary N) is 2. The Hall–Kier alpha value is -2.10. The van der Waals surface area contributed by atoms with Gasteiger partial charge in [-0.05, 0) is 6.42 Å². The van der Waals surface area contributed by atoms with E-state index >= 15 is 0 Å². The highest BCUT2D eigenvalue weighted by molar-refractivity contribution is 7.91. The third-order valence-electron chi connectivity index (χ3n) is 3.04. The summed E-state index contributed by atoms with van der Waals surface area (Å²) in [6.45, 7) is -0.619. The number of hydrogen-bond acceptors (Lipinski definition) is 5. The van der Waals surface area contributed by atoms with Crippen LogP contribution in [0.5, 0.6) is 0 Å². The summed E-state index contributed by atoms with van der Waals surface area (Å²) in [4.78, 5) is 39.4. The van der Waals surface area contributed by atoms with Crippen LogP contribution in [0, 0.1) is 0 Å². The predicted octanol–water partition coefficient (Wildman–Crippen LogP) is -1.58. The van der Waals surface area contributed by atoms with Gasteiger partial charge in [0.25, 0.3) is 5.91 Å². The molecule has 1 aliphatic heterocycles. The average Bonchev–Trinajstić information content (AvgIpc) is 2.91. The van der Waals surface area contributed by atoms with Crippen LogP contribution >= 0.6 is 0 Å². The van der Waals surface area contributed by atoms with Gasteiger partial charge in [0.2, 0.25) is 0 Å². The summed E-state index contributed by atoms with van der Waals surface area (Å²) in [7, 11) is -3.25. The molecule has 1 amide bonds. The summed E-state index contributed by atoms with van der Waals surface area (Å²) >= 11 is 0. The van der Waals surface area contributed by atoms with Gasteiger partial charge in [-0.2, -0.15) is 0 Å². The molecule has 2 heterocycles. The minimum Gasteiger partial charge on any atom is -0.480 e.